The van der Waals surface area contributed by atoms with Crippen molar-refractivity contribution in [3.05, 3.63) is 0 Å². The highest BCUT2D eigenvalue weighted by Crippen LogP contribution is 2.48. The molecule has 2 aliphatic carbocycles. The number of nitrogens with one attached hydrogen (secondary N) is 1. The summed E-state index contributed by atoms with van der Waals surface area (Å²) in [5.41, 5.74) is 0. The van der Waals surface area contributed by atoms with Crippen LogP contribution >= 0.6 is 24.0 Å². The van der Waals surface area contributed by atoms with Crippen molar-refractivity contribution in [2.24, 2.45) is 22.7 Å². The lowest BCUT2D eigenvalue weighted by atomic mass is 9.98. The van der Waals surface area contributed by atoms with Gasteiger partial charge in [0.2, 0.25) is 0 Å². The van der Waals surface area contributed by atoms with Crippen LogP contribution in [0, 0.1) is 17.8 Å². The van der Waals surface area contributed by atoms with E-state index in [0.717, 1.165) is 69.4 Å². The number of rotatable bonds is 7. The van der Waals surface area contributed by atoms with E-state index < -0.39 is 0 Å². The van der Waals surface area contributed by atoms with Gasteiger partial charge in [0.25, 0.3) is 0 Å². The zero-order chi connectivity index (χ0) is 17.1. The first kappa shape index (κ1) is 20.6. The van der Waals surface area contributed by atoms with Crippen molar-refractivity contribution < 1.29 is 9.47 Å². The molecule has 6 heteroatoms. The van der Waals surface area contributed by atoms with Crippen LogP contribution in [0.25, 0.3) is 0 Å². The maximum atomic E-state index is 6.09. The summed E-state index contributed by atoms with van der Waals surface area (Å²) < 4.78 is 11.8. The molecule has 5 nitrogen and oxygen atoms in total. The van der Waals surface area contributed by atoms with Gasteiger partial charge in [0, 0.05) is 33.3 Å². The molecule has 0 spiro atoms. The summed E-state index contributed by atoms with van der Waals surface area (Å²) in [6, 6.07) is 0. The Kier molecular flexibility index (Phi) is 7.88. The van der Waals surface area contributed by atoms with Crippen LogP contribution in [0.4, 0.5) is 0 Å². The number of ether oxygens (including phenoxy) is 2. The first-order valence-corrected chi connectivity index (χ1v) is 10.5. The van der Waals surface area contributed by atoms with Gasteiger partial charge in [-0.15, -0.1) is 24.0 Å². The fraction of sp³-hybridized carbons (Fsp3) is 0.950. The summed E-state index contributed by atoms with van der Waals surface area (Å²) in [4.78, 5) is 6.97. The summed E-state index contributed by atoms with van der Waals surface area (Å²) in [6.07, 6.45) is 11.1. The summed E-state index contributed by atoms with van der Waals surface area (Å²) in [6.45, 7) is 4.91. The molecule has 1 N–H and O–H groups in total. The molecular weight excluding hydrogens is 441 g/mol. The predicted octanol–water partition coefficient (Wildman–Crippen LogP) is 3.28. The monoisotopic (exact) mass is 477 g/mol. The normalized spacial score (nSPS) is 27.7. The van der Waals surface area contributed by atoms with Crippen LogP contribution in [-0.4, -0.2) is 63.0 Å². The summed E-state index contributed by atoms with van der Waals surface area (Å²) in [5, 5.41) is 3.69. The van der Waals surface area contributed by atoms with Crippen molar-refractivity contribution in [3.8, 4) is 0 Å². The van der Waals surface area contributed by atoms with Crippen LogP contribution in [0.3, 0.4) is 0 Å². The van der Waals surface area contributed by atoms with E-state index in [1.807, 2.05) is 7.05 Å². The first-order valence-electron chi connectivity index (χ1n) is 10.5. The molecule has 0 aromatic heterocycles. The fourth-order valence-corrected chi connectivity index (χ4v) is 4.56. The van der Waals surface area contributed by atoms with E-state index >= 15 is 0 Å². The molecule has 2 saturated heterocycles. The molecular formula is C20H36IN3O2. The summed E-state index contributed by atoms with van der Waals surface area (Å²) >= 11 is 0. The highest BCUT2D eigenvalue weighted by atomic mass is 127. The lowest BCUT2D eigenvalue weighted by Gasteiger charge is -2.35. The van der Waals surface area contributed by atoms with Crippen molar-refractivity contribution >= 4 is 29.9 Å². The molecule has 4 aliphatic rings. The Hall–Kier alpha value is -0.0800. The van der Waals surface area contributed by atoms with Crippen molar-refractivity contribution in [1.82, 2.24) is 10.2 Å². The molecule has 4 fully saturated rings. The second kappa shape index (κ2) is 9.92. The molecule has 2 heterocycles. The number of aliphatic imine (C=N–C) groups is 1. The van der Waals surface area contributed by atoms with Crippen LogP contribution in [0.2, 0.25) is 0 Å². The van der Waals surface area contributed by atoms with Gasteiger partial charge >= 0.3 is 0 Å². The maximum absolute atomic E-state index is 6.09. The van der Waals surface area contributed by atoms with Crippen LogP contribution in [-0.2, 0) is 9.47 Å². The lowest BCUT2D eigenvalue weighted by Crippen LogP contribution is -2.48. The zero-order valence-electron chi connectivity index (χ0n) is 16.2. The summed E-state index contributed by atoms with van der Waals surface area (Å²) in [7, 11) is 1.92. The number of hydrogen-bond acceptors (Lipinski definition) is 3. The molecule has 150 valence electrons. The smallest absolute Gasteiger partial charge is 0.193 e. The Bertz CT molecular complexity index is 442. The third-order valence-corrected chi connectivity index (χ3v) is 6.45. The number of hydrogen-bond donors (Lipinski definition) is 1. The van der Waals surface area contributed by atoms with E-state index in [9.17, 15) is 0 Å². The standard InChI is InChI=1S/C20H35N3O2.HI/c1-21-20(22-13-19(15-4-5-15)16-6-7-16)23-10-8-17(9-11-23)25-14-18-3-2-12-24-18;/h15-19H,2-14H2,1H3,(H,21,22);1H. The van der Waals surface area contributed by atoms with E-state index in [1.165, 1.54) is 38.5 Å². The topological polar surface area (TPSA) is 46.1 Å². The highest BCUT2D eigenvalue weighted by Gasteiger charge is 2.41. The van der Waals surface area contributed by atoms with Gasteiger partial charge in [0.1, 0.15) is 0 Å². The van der Waals surface area contributed by atoms with Crippen LogP contribution in [0.5, 0.6) is 0 Å². The lowest BCUT2D eigenvalue weighted by molar-refractivity contribution is -0.0367. The molecule has 1 unspecified atom stereocenters. The van der Waals surface area contributed by atoms with E-state index in [4.69, 9.17) is 9.47 Å². The molecule has 0 aromatic rings. The third-order valence-electron chi connectivity index (χ3n) is 6.45. The minimum absolute atomic E-state index is 0. The van der Waals surface area contributed by atoms with E-state index in [2.05, 4.69) is 15.2 Å². The van der Waals surface area contributed by atoms with Gasteiger partial charge in [-0.25, -0.2) is 0 Å². The highest BCUT2D eigenvalue weighted by molar-refractivity contribution is 14.0. The Labute approximate surface area is 175 Å². The molecule has 0 bridgehead atoms. The minimum Gasteiger partial charge on any atom is -0.376 e. The molecule has 2 saturated carbocycles. The second-order valence-corrected chi connectivity index (χ2v) is 8.42. The Balaban J connectivity index is 0.00000196. The molecule has 0 amide bonds. The van der Waals surface area contributed by atoms with Crippen LogP contribution < -0.4 is 5.32 Å². The Morgan fingerprint density at radius 3 is 2.35 bits per heavy atom. The fourth-order valence-electron chi connectivity index (χ4n) is 4.56. The molecule has 2 aliphatic heterocycles. The largest absolute Gasteiger partial charge is 0.376 e. The molecule has 1 atom stereocenters. The van der Waals surface area contributed by atoms with E-state index in [-0.39, 0.29) is 24.0 Å². The van der Waals surface area contributed by atoms with E-state index in [1.54, 1.807) is 0 Å². The van der Waals surface area contributed by atoms with Gasteiger partial charge in [-0.05, 0) is 69.1 Å². The number of halogens is 1. The number of likely N-dealkylation sites (tertiary alicyclic amines) is 1. The van der Waals surface area contributed by atoms with Crippen LogP contribution in [0.15, 0.2) is 4.99 Å². The molecule has 0 aromatic carbocycles. The third kappa shape index (κ3) is 5.71. The minimum atomic E-state index is 0. The maximum Gasteiger partial charge on any atom is 0.193 e. The van der Waals surface area contributed by atoms with Gasteiger partial charge in [-0.2, -0.15) is 0 Å². The quantitative estimate of drug-likeness (QED) is 0.348. The van der Waals surface area contributed by atoms with Gasteiger partial charge in [0.05, 0.1) is 18.8 Å². The number of guanidine groups is 1. The number of piperidine rings is 1. The van der Waals surface area contributed by atoms with Crippen molar-refractivity contribution in [3.63, 3.8) is 0 Å². The Morgan fingerprint density at radius 2 is 1.81 bits per heavy atom. The average molecular weight is 477 g/mol. The number of nitrogens with zero attached hydrogens (tertiary/aromatic N) is 2. The average Bonchev–Trinajstić information content (AvgIpc) is 3.58. The van der Waals surface area contributed by atoms with Gasteiger partial charge < -0.3 is 19.7 Å². The predicted molar refractivity (Wildman–Crippen MR) is 115 cm³/mol. The Morgan fingerprint density at radius 1 is 1.12 bits per heavy atom. The van der Waals surface area contributed by atoms with Crippen molar-refractivity contribution in [2.75, 3.05) is 39.9 Å². The SMILES string of the molecule is CN=C(NCC(C1CC1)C1CC1)N1CCC(OCC2CCCO2)CC1.I. The summed E-state index contributed by atoms with van der Waals surface area (Å²) in [5.74, 6) is 3.98. The van der Waals surface area contributed by atoms with Gasteiger partial charge in [-0.1, -0.05) is 0 Å². The molecule has 26 heavy (non-hydrogen) atoms. The zero-order valence-corrected chi connectivity index (χ0v) is 18.5. The van der Waals surface area contributed by atoms with Crippen molar-refractivity contribution in [1.29, 1.82) is 0 Å². The van der Waals surface area contributed by atoms with Gasteiger partial charge in [-0.3, -0.25) is 4.99 Å². The molecule has 4 rings (SSSR count). The van der Waals surface area contributed by atoms with Crippen LogP contribution in [0.1, 0.15) is 51.4 Å². The van der Waals surface area contributed by atoms with Crippen molar-refractivity contribution in [2.45, 2.75) is 63.6 Å². The van der Waals surface area contributed by atoms with E-state index in [0.29, 0.717) is 12.2 Å². The first-order chi connectivity index (χ1) is 12.3. The molecule has 0 radical (unpaired) electrons. The van der Waals surface area contributed by atoms with Gasteiger partial charge in [0.15, 0.2) is 5.96 Å². The second-order valence-electron chi connectivity index (χ2n) is 8.42.